The highest BCUT2D eigenvalue weighted by molar-refractivity contribution is 5.91. The number of carbonyl (C=O) groups excluding carboxylic acids is 1. The number of halogens is 3. The van der Waals surface area contributed by atoms with Crippen LogP contribution in [0.25, 0.3) is 22.2 Å². The fourth-order valence-electron chi connectivity index (χ4n) is 3.50. The molecule has 4 rings (SSSR count). The molecule has 0 saturated carbocycles. The van der Waals surface area contributed by atoms with Crippen molar-refractivity contribution in [1.82, 2.24) is 19.9 Å². The van der Waals surface area contributed by atoms with E-state index < -0.39 is 17.5 Å². The van der Waals surface area contributed by atoms with E-state index in [1.807, 2.05) is 0 Å². The number of amides is 1. The number of imidazole rings is 1. The van der Waals surface area contributed by atoms with E-state index >= 15 is 0 Å². The molecule has 0 spiro atoms. The molecule has 154 valence electrons. The Balaban J connectivity index is 1.60. The Kier molecular flexibility index (Phi) is 5.31. The van der Waals surface area contributed by atoms with Gasteiger partial charge in [0, 0.05) is 36.1 Å². The molecule has 0 bridgehead atoms. The summed E-state index contributed by atoms with van der Waals surface area (Å²) < 4.78 is 43.2. The van der Waals surface area contributed by atoms with E-state index in [1.54, 1.807) is 36.0 Å². The van der Waals surface area contributed by atoms with Gasteiger partial charge in [0.1, 0.15) is 29.8 Å². The Bertz CT molecular complexity index is 1210. The van der Waals surface area contributed by atoms with Gasteiger partial charge in [-0.3, -0.25) is 4.79 Å². The number of hydrogen-bond donors (Lipinski definition) is 2. The zero-order valence-corrected chi connectivity index (χ0v) is 16.2. The number of fused-ring (bicyclic) bond motifs is 1. The number of aromatic nitrogens is 3. The van der Waals surface area contributed by atoms with Gasteiger partial charge in [0.05, 0.1) is 5.52 Å². The van der Waals surface area contributed by atoms with Crippen molar-refractivity contribution in [2.75, 3.05) is 6.54 Å². The smallest absolute Gasteiger partial charge is 0.239 e. The zero-order valence-electron chi connectivity index (χ0n) is 16.2. The summed E-state index contributed by atoms with van der Waals surface area (Å²) in [7, 11) is 0. The lowest BCUT2D eigenvalue weighted by Gasteiger charge is -2.09. The van der Waals surface area contributed by atoms with Crippen LogP contribution in [0.15, 0.2) is 48.8 Å². The Hall–Kier alpha value is -3.55. The number of carbonyl (C=O) groups is 1. The summed E-state index contributed by atoms with van der Waals surface area (Å²) in [5.41, 5.74) is 2.03. The topological polar surface area (TPSA) is 62.7 Å². The van der Waals surface area contributed by atoms with Crippen LogP contribution in [-0.2, 0) is 17.8 Å². The lowest BCUT2D eigenvalue weighted by molar-refractivity contribution is -0.121. The molecule has 0 unspecified atom stereocenters. The van der Waals surface area contributed by atoms with Gasteiger partial charge in [-0.25, -0.2) is 18.2 Å². The summed E-state index contributed by atoms with van der Waals surface area (Å²) in [5, 5.41) is 3.21. The van der Waals surface area contributed by atoms with E-state index in [1.165, 1.54) is 18.2 Å². The minimum Gasteiger partial charge on any atom is -0.354 e. The molecule has 0 fully saturated rings. The molecular formula is C22H19F3N4O. The van der Waals surface area contributed by atoms with E-state index in [-0.39, 0.29) is 24.5 Å². The van der Waals surface area contributed by atoms with Crippen molar-refractivity contribution in [3.05, 3.63) is 77.6 Å². The summed E-state index contributed by atoms with van der Waals surface area (Å²) >= 11 is 0. The van der Waals surface area contributed by atoms with E-state index in [9.17, 15) is 18.0 Å². The second kappa shape index (κ2) is 8.06. The summed E-state index contributed by atoms with van der Waals surface area (Å²) in [4.78, 5) is 19.3. The number of hydrogen-bond acceptors (Lipinski definition) is 2. The summed E-state index contributed by atoms with van der Waals surface area (Å²) in [5.74, 6) is -1.26. The molecule has 0 aliphatic heterocycles. The predicted molar refractivity (Wildman–Crippen MR) is 107 cm³/mol. The van der Waals surface area contributed by atoms with Crippen LogP contribution in [0, 0.1) is 24.4 Å². The molecule has 5 nitrogen and oxygen atoms in total. The first-order valence-corrected chi connectivity index (χ1v) is 9.42. The largest absolute Gasteiger partial charge is 0.354 e. The van der Waals surface area contributed by atoms with Gasteiger partial charge >= 0.3 is 0 Å². The van der Waals surface area contributed by atoms with Gasteiger partial charge in [-0.1, -0.05) is 0 Å². The predicted octanol–water partition coefficient (Wildman–Crippen LogP) is 4.12. The standard InChI is InChI=1S/C22H19F3N4O/c1-13-26-8-9-29(13)12-20(30)27-7-6-17-18-10-16(24)11-19(25)22(18)28-21(17)14-2-4-15(23)5-3-14/h2-5,8-11,28H,6-7,12H2,1H3,(H,27,30). The lowest BCUT2D eigenvalue weighted by Crippen LogP contribution is -2.29. The Morgan fingerprint density at radius 1 is 1.13 bits per heavy atom. The fourth-order valence-corrected chi connectivity index (χ4v) is 3.50. The second-order valence-electron chi connectivity index (χ2n) is 7.00. The molecule has 0 atom stereocenters. The van der Waals surface area contributed by atoms with Gasteiger partial charge in [-0.2, -0.15) is 0 Å². The van der Waals surface area contributed by atoms with Crippen LogP contribution in [0.2, 0.25) is 0 Å². The SMILES string of the molecule is Cc1nccn1CC(=O)NCCc1c(-c2ccc(F)cc2)[nH]c2c(F)cc(F)cc12. The van der Waals surface area contributed by atoms with Crippen LogP contribution in [0.5, 0.6) is 0 Å². The molecule has 2 aromatic heterocycles. The van der Waals surface area contributed by atoms with Crippen LogP contribution in [-0.4, -0.2) is 27.0 Å². The minimum absolute atomic E-state index is 0.133. The zero-order chi connectivity index (χ0) is 21.3. The van der Waals surface area contributed by atoms with Crippen molar-refractivity contribution in [2.24, 2.45) is 0 Å². The molecule has 0 radical (unpaired) electrons. The van der Waals surface area contributed by atoms with Crippen LogP contribution in [0.3, 0.4) is 0 Å². The van der Waals surface area contributed by atoms with E-state index in [0.29, 0.717) is 28.6 Å². The van der Waals surface area contributed by atoms with Crippen molar-refractivity contribution < 1.29 is 18.0 Å². The van der Waals surface area contributed by atoms with Gasteiger partial charge in [0.15, 0.2) is 0 Å². The number of aryl methyl sites for hydroxylation is 1. The van der Waals surface area contributed by atoms with Crippen molar-refractivity contribution in [3.63, 3.8) is 0 Å². The number of nitrogens with zero attached hydrogens (tertiary/aromatic N) is 2. The monoisotopic (exact) mass is 412 g/mol. The van der Waals surface area contributed by atoms with Crippen molar-refractivity contribution in [3.8, 4) is 11.3 Å². The van der Waals surface area contributed by atoms with Gasteiger partial charge in [0.2, 0.25) is 5.91 Å². The second-order valence-corrected chi connectivity index (χ2v) is 7.00. The van der Waals surface area contributed by atoms with Crippen LogP contribution < -0.4 is 5.32 Å². The summed E-state index contributed by atoms with van der Waals surface area (Å²) in [6.07, 6.45) is 3.67. The minimum atomic E-state index is -0.709. The van der Waals surface area contributed by atoms with Crippen molar-refractivity contribution in [1.29, 1.82) is 0 Å². The summed E-state index contributed by atoms with van der Waals surface area (Å²) in [6, 6.07) is 7.81. The lowest BCUT2D eigenvalue weighted by atomic mass is 10.0. The maximum atomic E-state index is 14.3. The first-order valence-electron chi connectivity index (χ1n) is 9.42. The first-order chi connectivity index (χ1) is 14.4. The van der Waals surface area contributed by atoms with Crippen LogP contribution >= 0.6 is 0 Å². The molecule has 0 aliphatic carbocycles. The maximum absolute atomic E-state index is 14.3. The van der Waals surface area contributed by atoms with Crippen molar-refractivity contribution >= 4 is 16.8 Å². The molecule has 4 aromatic rings. The molecule has 2 N–H and O–H groups in total. The Morgan fingerprint density at radius 2 is 1.90 bits per heavy atom. The van der Waals surface area contributed by atoms with E-state index in [4.69, 9.17) is 0 Å². The number of aromatic amines is 1. The van der Waals surface area contributed by atoms with Crippen molar-refractivity contribution in [2.45, 2.75) is 19.9 Å². The van der Waals surface area contributed by atoms with E-state index in [2.05, 4.69) is 15.3 Å². The molecular weight excluding hydrogens is 393 g/mol. The van der Waals surface area contributed by atoms with Gasteiger partial charge < -0.3 is 14.9 Å². The van der Waals surface area contributed by atoms with Crippen LogP contribution in [0.1, 0.15) is 11.4 Å². The number of H-pyrrole nitrogens is 1. The highest BCUT2D eigenvalue weighted by Gasteiger charge is 2.17. The molecule has 8 heteroatoms. The summed E-state index contributed by atoms with van der Waals surface area (Å²) in [6.45, 7) is 2.21. The molecule has 0 saturated heterocycles. The van der Waals surface area contributed by atoms with Gasteiger partial charge in [-0.05, 0) is 54.8 Å². The third-order valence-corrected chi connectivity index (χ3v) is 5.00. The number of benzene rings is 2. The number of nitrogens with one attached hydrogen (secondary N) is 2. The molecule has 30 heavy (non-hydrogen) atoms. The number of rotatable bonds is 6. The normalized spacial score (nSPS) is 11.2. The molecule has 2 aromatic carbocycles. The quantitative estimate of drug-likeness (QED) is 0.501. The molecule has 0 aliphatic rings. The average Bonchev–Trinajstić information content (AvgIpc) is 3.26. The van der Waals surface area contributed by atoms with E-state index in [0.717, 1.165) is 11.9 Å². The molecule has 1 amide bonds. The third kappa shape index (κ3) is 3.94. The maximum Gasteiger partial charge on any atom is 0.239 e. The highest BCUT2D eigenvalue weighted by atomic mass is 19.1. The highest BCUT2D eigenvalue weighted by Crippen LogP contribution is 2.32. The third-order valence-electron chi connectivity index (χ3n) is 5.00. The Labute approximate surface area is 170 Å². The van der Waals surface area contributed by atoms with Crippen LogP contribution in [0.4, 0.5) is 13.2 Å². The Morgan fingerprint density at radius 3 is 2.60 bits per heavy atom. The van der Waals surface area contributed by atoms with Gasteiger partial charge in [-0.15, -0.1) is 0 Å². The first kappa shape index (κ1) is 19.8. The fraction of sp³-hybridized carbons (Fsp3) is 0.182. The average molecular weight is 412 g/mol. The molecule has 2 heterocycles. The van der Waals surface area contributed by atoms with Gasteiger partial charge in [0.25, 0.3) is 0 Å².